The molecule has 1 aromatic carbocycles. The molecule has 0 saturated carbocycles. The van der Waals surface area contributed by atoms with E-state index in [2.05, 4.69) is 0 Å². The van der Waals surface area contributed by atoms with Crippen molar-refractivity contribution in [3.63, 3.8) is 0 Å². The normalized spacial score (nSPS) is 23.0. The molecule has 2 atom stereocenters. The van der Waals surface area contributed by atoms with E-state index in [-0.39, 0.29) is 24.2 Å². The van der Waals surface area contributed by atoms with Gasteiger partial charge in [0.2, 0.25) is 0 Å². The standard InChI is InChI=1S/C13H13ClFNO/c14-10-3-1-8(12(15)7-10)6-13(17)9-2-4-11(16)5-9/h1-4,7,9,11H,5-6,16H2. The predicted octanol–water partition coefficient (Wildman–Crippen LogP) is 2.49. The third-order valence-corrected chi connectivity index (χ3v) is 3.15. The third-order valence-electron chi connectivity index (χ3n) is 2.91. The summed E-state index contributed by atoms with van der Waals surface area (Å²) in [4.78, 5) is 11.9. The molecule has 2 nitrogen and oxygen atoms in total. The lowest BCUT2D eigenvalue weighted by Gasteiger charge is -2.09. The van der Waals surface area contributed by atoms with Crippen molar-refractivity contribution in [3.05, 3.63) is 46.8 Å². The summed E-state index contributed by atoms with van der Waals surface area (Å²) < 4.78 is 13.5. The topological polar surface area (TPSA) is 43.1 Å². The molecule has 2 N–H and O–H groups in total. The number of Topliss-reactive ketones (excluding diaryl/α,β-unsaturated/α-hetero) is 1. The van der Waals surface area contributed by atoms with Crippen LogP contribution in [0.1, 0.15) is 12.0 Å². The van der Waals surface area contributed by atoms with Gasteiger partial charge in [-0.25, -0.2) is 4.39 Å². The highest BCUT2D eigenvalue weighted by atomic mass is 35.5. The minimum absolute atomic E-state index is 0.00424. The molecule has 17 heavy (non-hydrogen) atoms. The zero-order valence-corrected chi connectivity index (χ0v) is 9.95. The highest BCUT2D eigenvalue weighted by molar-refractivity contribution is 6.30. The Balaban J connectivity index is 2.06. The Hall–Kier alpha value is -1.19. The van der Waals surface area contributed by atoms with Crippen LogP contribution in [0.4, 0.5) is 4.39 Å². The summed E-state index contributed by atoms with van der Waals surface area (Å²) >= 11 is 5.65. The molecule has 0 aliphatic heterocycles. The van der Waals surface area contributed by atoms with Crippen LogP contribution in [0.15, 0.2) is 30.4 Å². The van der Waals surface area contributed by atoms with Crippen LogP contribution in [0.3, 0.4) is 0 Å². The summed E-state index contributed by atoms with van der Waals surface area (Å²) in [5.41, 5.74) is 6.06. The van der Waals surface area contributed by atoms with Crippen molar-refractivity contribution < 1.29 is 9.18 Å². The van der Waals surface area contributed by atoms with E-state index >= 15 is 0 Å². The van der Waals surface area contributed by atoms with Gasteiger partial charge in [0.05, 0.1) is 0 Å². The minimum Gasteiger partial charge on any atom is -0.324 e. The summed E-state index contributed by atoms with van der Waals surface area (Å²) in [5, 5.41) is 0.335. The second-order valence-electron chi connectivity index (χ2n) is 4.27. The van der Waals surface area contributed by atoms with Crippen molar-refractivity contribution in [2.75, 3.05) is 0 Å². The molecule has 0 aromatic heterocycles. The first-order valence-corrected chi connectivity index (χ1v) is 5.84. The van der Waals surface area contributed by atoms with Crippen LogP contribution < -0.4 is 5.73 Å². The van der Waals surface area contributed by atoms with E-state index in [1.807, 2.05) is 6.08 Å². The van der Waals surface area contributed by atoms with Crippen LogP contribution in [0.2, 0.25) is 5.02 Å². The van der Waals surface area contributed by atoms with E-state index in [9.17, 15) is 9.18 Å². The molecule has 2 rings (SSSR count). The molecule has 0 saturated heterocycles. The zero-order chi connectivity index (χ0) is 12.4. The Bertz CT molecular complexity index is 472. The lowest BCUT2D eigenvalue weighted by Crippen LogP contribution is -2.20. The summed E-state index contributed by atoms with van der Waals surface area (Å²) in [6.45, 7) is 0. The first-order valence-electron chi connectivity index (χ1n) is 5.47. The Morgan fingerprint density at radius 1 is 1.47 bits per heavy atom. The van der Waals surface area contributed by atoms with E-state index in [0.717, 1.165) is 0 Å². The molecule has 4 heteroatoms. The van der Waals surface area contributed by atoms with Crippen LogP contribution in [-0.4, -0.2) is 11.8 Å². The van der Waals surface area contributed by atoms with Gasteiger partial charge in [-0.2, -0.15) is 0 Å². The zero-order valence-electron chi connectivity index (χ0n) is 9.20. The molecule has 2 unspecified atom stereocenters. The van der Waals surface area contributed by atoms with Gasteiger partial charge in [-0.05, 0) is 24.1 Å². The molecular formula is C13H13ClFNO. The average molecular weight is 254 g/mol. The van der Waals surface area contributed by atoms with E-state index in [1.54, 1.807) is 18.2 Å². The number of carbonyl (C=O) groups is 1. The fraction of sp³-hybridized carbons (Fsp3) is 0.308. The second-order valence-corrected chi connectivity index (χ2v) is 4.71. The maximum absolute atomic E-state index is 13.5. The molecule has 0 amide bonds. The Labute approximate surface area is 104 Å². The van der Waals surface area contributed by atoms with Crippen molar-refractivity contribution in [1.82, 2.24) is 0 Å². The second kappa shape index (κ2) is 4.98. The molecule has 0 fully saturated rings. The molecule has 1 aliphatic carbocycles. The van der Waals surface area contributed by atoms with Crippen molar-refractivity contribution in [1.29, 1.82) is 0 Å². The largest absolute Gasteiger partial charge is 0.324 e. The van der Waals surface area contributed by atoms with Gasteiger partial charge in [-0.3, -0.25) is 4.79 Å². The maximum atomic E-state index is 13.5. The first kappa shape index (κ1) is 12.3. The van der Waals surface area contributed by atoms with E-state index in [1.165, 1.54) is 6.07 Å². The van der Waals surface area contributed by atoms with Crippen LogP contribution in [0.5, 0.6) is 0 Å². The number of halogens is 2. The first-order chi connectivity index (χ1) is 8.06. The number of rotatable bonds is 3. The van der Waals surface area contributed by atoms with Crippen molar-refractivity contribution in [2.45, 2.75) is 18.9 Å². The summed E-state index contributed by atoms with van der Waals surface area (Å²) in [5.74, 6) is -0.618. The third kappa shape index (κ3) is 2.93. The van der Waals surface area contributed by atoms with Gasteiger partial charge >= 0.3 is 0 Å². The number of benzene rings is 1. The van der Waals surface area contributed by atoms with Gasteiger partial charge in [0, 0.05) is 23.4 Å². The molecule has 90 valence electrons. The quantitative estimate of drug-likeness (QED) is 0.841. The Kier molecular flexibility index (Phi) is 3.60. The SMILES string of the molecule is NC1C=CC(C(=O)Cc2ccc(Cl)cc2F)C1. The summed E-state index contributed by atoms with van der Waals surface area (Å²) in [6, 6.07) is 4.30. The lowest BCUT2D eigenvalue weighted by molar-refractivity contribution is -0.120. The van der Waals surface area contributed by atoms with Crippen molar-refractivity contribution >= 4 is 17.4 Å². The summed E-state index contributed by atoms with van der Waals surface area (Å²) in [7, 11) is 0. The molecule has 0 bridgehead atoms. The number of hydrogen-bond acceptors (Lipinski definition) is 2. The number of nitrogens with two attached hydrogens (primary N) is 1. The van der Waals surface area contributed by atoms with Crippen LogP contribution >= 0.6 is 11.6 Å². The van der Waals surface area contributed by atoms with Crippen LogP contribution in [0.25, 0.3) is 0 Å². The Morgan fingerprint density at radius 2 is 2.24 bits per heavy atom. The Morgan fingerprint density at radius 3 is 2.82 bits per heavy atom. The molecule has 1 aromatic rings. The predicted molar refractivity (Wildman–Crippen MR) is 65.3 cm³/mol. The fourth-order valence-corrected chi connectivity index (χ4v) is 2.11. The number of carbonyl (C=O) groups excluding carboxylic acids is 1. The highest BCUT2D eigenvalue weighted by Gasteiger charge is 2.23. The smallest absolute Gasteiger partial charge is 0.144 e. The van der Waals surface area contributed by atoms with Crippen molar-refractivity contribution in [3.8, 4) is 0 Å². The van der Waals surface area contributed by atoms with Crippen molar-refractivity contribution in [2.24, 2.45) is 11.7 Å². The van der Waals surface area contributed by atoms with E-state index in [4.69, 9.17) is 17.3 Å². The van der Waals surface area contributed by atoms with Gasteiger partial charge in [0.25, 0.3) is 0 Å². The molecule has 1 aliphatic rings. The molecular weight excluding hydrogens is 241 g/mol. The molecule has 0 spiro atoms. The van der Waals surface area contributed by atoms with Gasteiger partial charge in [0.15, 0.2) is 0 Å². The number of ketones is 1. The highest BCUT2D eigenvalue weighted by Crippen LogP contribution is 2.21. The van der Waals surface area contributed by atoms with Gasteiger partial charge < -0.3 is 5.73 Å². The summed E-state index contributed by atoms with van der Waals surface area (Å²) in [6.07, 6.45) is 4.33. The monoisotopic (exact) mass is 253 g/mol. The van der Waals surface area contributed by atoms with Crippen LogP contribution in [-0.2, 0) is 11.2 Å². The van der Waals surface area contributed by atoms with E-state index < -0.39 is 5.82 Å². The van der Waals surface area contributed by atoms with Gasteiger partial charge in [0.1, 0.15) is 11.6 Å². The fourth-order valence-electron chi connectivity index (χ4n) is 1.95. The van der Waals surface area contributed by atoms with Crippen LogP contribution in [0, 0.1) is 11.7 Å². The van der Waals surface area contributed by atoms with Gasteiger partial charge in [-0.15, -0.1) is 0 Å². The number of allylic oxidation sites excluding steroid dienone is 1. The van der Waals surface area contributed by atoms with Gasteiger partial charge in [-0.1, -0.05) is 29.8 Å². The lowest BCUT2D eigenvalue weighted by atomic mass is 9.96. The maximum Gasteiger partial charge on any atom is 0.144 e. The average Bonchev–Trinajstić information content (AvgIpc) is 2.69. The number of hydrogen-bond donors (Lipinski definition) is 1. The van der Waals surface area contributed by atoms with E-state index in [0.29, 0.717) is 17.0 Å². The minimum atomic E-state index is -0.433. The molecule has 0 radical (unpaired) electrons. The molecule has 0 heterocycles.